The monoisotopic (exact) mass is 464 g/mol. The molecule has 0 spiro atoms. The molecule has 0 fully saturated rings. The van der Waals surface area contributed by atoms with Crippen LogP contribution in [0.15, 0.2) is 84.9 Å². The van der Waals surface area contributed by atoms with Crippen LogP contribution in [-0.4, -0.2) is 9.79 Å². The van der Waals surface area contributed by atoms with Crippen molar-refractivity contribution in [1.29, 1.82) is 0 Å². The fourth-order valence-electron chi connectivity index (χ4n) is 3.48. The van der Waals surface area contributed by atoms with Gasteiger partial charge in [0.2, 0.25) is 0 Å². The van der Waals surface area contributed by atoms with Crippen LogP contribution in [0.3, 0.4) is 0 Å². The van der Waals surface area contributed by atoms with Crippen molar-refractivity contribution in [2.75, 3.05) is 0 Å². The van der Waals surface area contributed by atoms with Crippen LogP contribution in [0.25, 0.3) is 12.2 Å². The highest BCUT2D eigenvalue weighted by Gasteiger charge is 2.07. The molecule has 3 rings (SSSR count). The fourth-order valence-corrected chi connectivity index (χ4v) is 3.83. The first-order valence-corrected chi connectivity index (χ1v) is 13.1. The van der Waals surface area contributed by atoms with E-state index in [1.165, 1.54) is 49.7 Å². The van der Waals surface area contributed by atoms with Crippen LogP contribution in [-0.2, 0) is 6.42 Å². The largest absolute Gasteiger partial charge is 0.427 e. The van der Waals surface area contributed by atoms with E-state index in [9.17, 15) is 0 Å². The Kier molecular flexibility index (Phi) is 13.9. The number of para-hydroxylation sites is 1. The molecule has 3 nitrogen and oxygen atoms in total. The van der Waals surface area contributed by atoms with Crippen molar-refractivity contribution in [3.05, 3.63) is 102 Å². The lowest BCUT2D eigenvalue weighted by atomic mass is 10.0. The van der Waals surface area contributed by atoms with Crippen molar-refractivity contribution >= 4 is 20.8 Å². The van der Waals surface area contributed by atoms with Gasteiger partial charge in [-0.1, -0.05) is 136 Å². The Balaban J connectivity index is 0.000000243. The van der Waals surface area contributed by atoms with E-state index in [0.29, 0.717) is 5.75 Å². The summed E-state index contributed by atoms with van der Waals surface area (Å²) in [6, 6.07) is 28.2. The summed E-state index contributed by atoms with van der Waals surface area (Å²) < 4.78 is 5.03. The van der Waals surface area contributed by atoms with Gasteiger partial charge in [-0.05, 0) is 35.6 Å². The third-order valence-corrected chi connectivity index (χ3v) is 5.63. The number of hydrogen-bond donors (Lipinski definition) is 2. The maximum atomic E-state index is 8.92. The minimum atomic E-state index is -2.32. The SMILES string of the molecule is C(=Cc1ccccc1)c1ccccc1.CCCCCCCCCc1ccccc1OP(O)O. The Morgan fingerprint density at radius 1 is 0.636 bits per heavy atom. The second-order valence-corrected chi connectivity index (χ2v) is 8.67. The highest BCUT2D eigenvalue weighted by atomic mass is 31.2. The molecule has 0 saturated heterocycles. The van der Waals surface area contributed by atoms with Crippen LogP contribution in [0, 0.1) is 0 Å². The first kappa shape index (κ1) is 26.8. The zero-order valence-electron chi connectivity index (χ0n) is 19.6. The predicted molar refractivity (Wildman–Crippen MR) is 142 cm³/mol. The summed E-state index contributed by atoms with van der Waals surface area (Å²) in [5.41, 5.74) is 3.53. The average molecular weight is 465 g/mol. The molecule has 33 heavy (non-hydrogen) atoms. The molecule has 0 saturated carbocycles. The van der Waals surface area contributed by atoms with Crippen LogP contribution in [0.5, 0.6) is 5.75 Å². The number of aryl methyl sites for hydroxylation is 1. The summed E-state index contributed by atoms with van der Waals surface area (Å²) in [7, 11) is -2.32. The fraction of sp³-hybridized carbons (Fsp3) is 0.310. The summed E-state index contributed by atoms with van der Waals surface area (Å²) in [5, 5.41) is 0. The molecule has 0 aliphatic heterocycles. The lowest BCUT2D eigenvalue weighted by molar-refractivity contribution is 0.373. The molecule has 0 bridgehead atoms. The Morgan fingerprint density at radius 2 is 1.12 bits per heavy atom. The molecular formula is C29H37O3P. The molecule has 176 valence electrons. The minimum Gasteiger partial charge on any atom is -0.427 e. The molecule has 2 N–H and O–H groups in total. The number of hydrogen-bond acceptors (Lipinski definition) is 3. The second-order valence-electron chi connectivity index (χ2n) is 7.98. The summed E-state index contributed by atoms with van der Waals surface area (Å²) in [6.45, 7) is 2.23. The molecule has 3 aromatic rings. The van der Waals surface area contributed by atoms with E-state index in [1.807, 2.05) is 54.6 Å². The van der Waals surface area contributed by atoms with Crippen molar-refractivity contribution < 1.29 is 14.3 Å². The second kappa shape index (κ2) is 17.1. The summed E-state index contributed by atoms with van der Waals surface area (Å²) in [6.07, 6.45) is 14.1. The van der Waals surface area contributed by atoms with E-state index in [4.69, 9.17) is 14.3 Å². The van der Waals surface area contributed by atoms with Gasteiger partial charge in [0.25, 0.3) is 0 Å². The molecule has 0 atom stereocenters. The Labute approximate surface area is 200 Å². The van der Waals surface area contributed by atoms with Crippen molar-refractivity contribution in [2.24, 2.45) is 0 Å². The van der Waals surface area contributed by atoms with Crippen LogP contribution >= 0.6 is 8.60 Å². The quantitative estimate of drug-likeness (QED) is 0.161. The molecule has 0 aromatic heterocycles. The third kappa shape index (κ3) is 12.4. The van der Waals surface area contributed by atoms with Gasteiger partial charge in [-0.15, -0.1) is 0 Å². The van der Waals surface area contributed by atoms with Crippen LogP contribution in [0.1, 0.15) is 68.6 Å². The average Bonchev–Trinajstić information content (AvgIpc) is 2.84. The maximum Gasteiger partial charge on any atom is 0.391 e. The lowest BCUT2D eigenvalue weighted by Crippen LogP contribution is -1.93. The van der Waals surface area contributed by atoms with Gasteiger partial charge in [0.15, 0.2) is 0 Å². The van der Waals surface area contributed by atoms with Gasteiger partial charge < -0.3 is 14.3 Å². The molecule has 3 aromatic carbocycles. The molecule has 0 aliphatic rings. The van der Waals surface area contributed by atoms with Gasteiger partial charge in [0.1, 0.15) is 5.75 Å². The van der Waals surface area contributed by atoms with Crippen molar-refractivity contribution in [2.45, 2.75) is 58.3 Å². The minimum absolute atomic E-state index is 0.601. The van der Waals surface area contributed by atoms with Gasteiger partial charge >= 0.3 is 8.60 Å². The highest BCUT2D eigenvalue weighted by Crippen LogP contribution is 2.32. The van der Waals surface area contributed by atoms with Gasteiger partial charge in [0.05, 0.1) is 0 Å². The van der Waals surface area contributed by atoms with E-state index in [0.717, 1.165) is 18.4 Å². The number of benzene rings is 3. The van der Waals surface area contributed by atoms with E-state index in [-0.39, 0.29) is 0 Å². The summed E-state index contributed by atoms with van der Waals surface area (Å²) in [4.78, 5) is 17.8. The Morgan fingerprint density at radius 3 is 1.67 bits per heavy atom. The van der Waals surface area contributed by atoms with Crippen molar-refractivity contribution in [3.8, 4) is 5.75 Å². The molecular weight excluding hydrogens is 427 g/mol. The van der Waals surface area contributed by atoms with Crippen LogP contribution in [0.2, 0.25) is 0 Å². The summed E-state index contributed by atoms with van der Waals surface area (Å²) in [5.74, 6) is 0.601. The molecule has 0 radical (unpaired) electrons. The zero-order chi connectivity index (χ0) is 23.6. The van der Waals surface area contributed by atoms with E-state index >= 15 is 0 Å². The predicted octanol–water partition coefficient (Wildman–Crippen LogP) is 8.43. The van der Waals surface area contributed by atoms with Crippen LogP contribution < -0.4 is 4.52 Å². The molecule has 0 amide bonds. The Bertz CT molecular complexity index is 854. The summed E-state index contributed by atoms with van der Waals surface area (Å²) >= 11 is 0. The normalized spacial score (nSPS) is 10.8. The van der Waals surface area contributed by atoms with Gasteiger partial charge in [0, 0.05) is 0 Å². The highest BCUT2D eigenvalue weighted by molar-refractivity contribution is 7.39. The molecule has 0 heterocycles. The molecule has 4 heteroatoms. The maximum absolute atomic E-state index is 8.92. The van der Waals surface area contributed by atoms with Gasteiger partial charge in [-0.25, -0.2) is 0 Å². The van der Waals surface area contributed by atoms with Crippen molar-refractivity contribution in [3.63, 3.8) is 0 Å². The van der Waals surface area contributed by atoms with E-state index < -0.39 is 8.60 Å². The first-order chi connectivity index (χ1) is 16.2. The standard InChI is InChI=1S/C15H25O3P.C14H12/c1-2-3-4-5-6-7-8-11-14-12-9-10-13-15(14)18-19(16)17;1-3-7-13(8-4-1)11-12-14-9-5-2-6-10-14/h9-10,12-13,16-17H,2-8,11H2,1H3;1-12H. The first-order valence-electron chi connectivity index (χ1n) is 11.9. The molecule has 0 aliphatic carbocycles. The zero-order valence-corrected chi connectivity index (χ0v) is 20.5. The number of rotatable bonds is 12. The third-order valence-electron chi connectivity index (χ3n) is 5.27. The van der Waals surface area contributed by atoms with Crippen LogP contribution in [0.4, 0.5) is 0 Å². The smallest absolute Gasteiger partial charge is 0.391 e. The number of unbranched alkanes of at least 4 members (excludes halogenated alkanes) is 6. The molecule has 0 unspecified atom stereocenters. The lowest BCUT2D eigenvalue weighted by Gasteiger charge is -2.10. The van der Waals surface area contributed by atoms with Gasteiger partial charge in [-0.2, -0.15) is 0 Å². The van der Waals surface area contributed by atoms with Gasteiger partial charge in [-0.3, -0.25) is 0 Å². The van der Waals surface area contributed by atoms with E-state index in [2.05, 4.69) is 43.3 Å². The van der Waals surface area contributed by atoms with Crippen molar-refractivity contribution in [1.82, 2.24) is 0 Å². The Hall–Kier alpha value is -2.45. The van der Waals surface area contributed by atoms with E-state index in [1.54, 1.807) is 6.07 Å². The topological polar surface area (TPSA) is 49.7 Å².